The topological polar surface area (TPSA) is 88.5 Å². The largest absolute Gasteiger partial charge is 0.353 e. The van der Waals surface area contributed by atoms with E-state index in [0.29, 0.717) is 10.9 Å². The zero-order chi connectivity index (χ0) is 21.9. The minimum absolute atomic E-state index is 0.0323. The summed E-state index contributed by atoms with van der Waals surface area (Å²) in [5.41, 5.74) is 0.649. The number of rotatable bonds is 8. The zero-order valence-electron chi connectivity index (χ0n) is 18.0. The van der Waals surface area contributed by atoms with Gasteiger partial charge in [-0.3, -0.25) is 9.59 Å². The Morgan fingerprint density at radius 1 is 1.03 bits per heavy atom. The molecule has 0 spiro atoms. The van der Waals surface area contributed by atoms with Gasteiger partial charge in [-0.15, -0.1) is 0 Å². The van der Waals surface area contributed by atoms with E-state index in [1.165, 1.54) is 6.20 Å². The molecular weight excluding hydrogens is 390 g/mol. The predicted molar refractivity (Wildman–Crippen MR) is 114 cm³/mol. The van der Waals surface area contributed by atoms with Gasteiger partial charge in [-0.2, -0.15) is 0 Å². The Morgan fingerprint density at radius 3 is 2.17 bits per heavy atom. The summed E-state index contributed by atoms with van der Waals surface area (Å²) in [6, 6.07) is 6.95. The zero-order valence-corrected chi connectivity index (χ0v) is 18.8. The lowest BCUT2D eigenvalue weighted by molar-refractivity contribution is -0.135. The Bertz CT molecular complexity index is 983. The molecule has 1 N–H and O–H groups in total. The molecule has 8 heteroatoms. The molecule has 0 radical (unpaired) electrons. The highest BCUT2D eigenvalue weighted by atomic mass is 32.2. The van der Waals surface area contributed by atoms with Gasteiger partial charge in [0.1, 0.15) is 12.3 Å². The van der Waals surface area contributed by atoms with Gasteiger partial charge in [0.15, 0.2) is 9.84 Å². The third-order valence-electron chi connectivity index (χ3n) is 4.56. The number of hydrogen-bond donors (Lipinski definition) is 1. The summed E-state index contributed by atoms with van der Waals surface area (Å²) in [6.07, 6.45) is 1.47. The van der Waals surface area contributed by atoms with Crippen LogP contribution in [0.1, 0.15) is 41.5 Å². The molecule has 2 aromatic rings. The predicted octanol–water partition coefficient (Wildman–Crippen LogP) is 2.58. The summed E-state index contributed by atoms with van der Waals surface area (Å²) < 4.78 is 27.5. The van der Waals surface area contributed by atoms with Crippen LogP contribution in [0.4, 0.5) is 0 Å². The Hall–Kier alpha value is -2.35. The fraction of sp³-hybridized carbons (Fsp3) is 0.524. The molecule has 29 heavy (non-hydrogen) atoms. The van der Waals surface area contributed by atoms with Gasteiger partial charge in [0.05, 0.1) is 4.90 Å². The average molecular weight is 422 g/mol. The number of benzene rings is 1. The van der Waals surface area contributed by atoms with Crippen LogP contribution in [0, 0.1) is 0 Å². The van der Waals surface area contributed by atoms with Crippen LogP contribution in [-0.4, -0.2) is 53.6 Å². The summed E-state index contributed by atoms with van der Waals surface area (Å²) in [4.78, 5) is 26.8. The first-order chi connectivity index (χ1) is 13.4. The normalized spacial score (nSPS) is 12.2. The van der Waals surface area contributed by atoms with E-state index in [2.05, 4.69) is 5.32 Å². The summed E-state index contributed by atoms with van der Waals surface area (Å²) in [5, 5.41) is 3.12. The molecule has 0 aliphatic rings. The summed E-state index contributed by atoms with van der Waals surface area (Å²) >= 11 is 0. The fourth-order valence-corrected chi connectivity index (χ4v) is 4.98. The molecule has 7 nitrogen and oxygen atoms in total. The number of amides is 2. The molecule has 1 aromatic heterocycles. The maximum Gasteiger partial charge on any atom is 0.242 e. The molecule has 0 unspecified atom stereocenters. The third-order valence-corrected chi connectivity index (χ3v) is 6.20. The number of aromatic nitrogens is 1. The van der Waals surface area contributed by atoms with Crippen molar-refractivity contribution in [2.45, 2.75) is 71.1 Å². The van der Waals surface area contributed by atoms with Crippen molar-refractivity contribution < 1.29 is 18.0 Å². The molecule has 0 saturated carbocycles. The van der Waals surface area contributed by atoms with Crippen LogP contribution >= 0.6 is 0 Å². The highest BCUT2D eigenvalue weighted by Gasteiger charge is 2.26. The molecule has 2 amide bonds. The van der Waals surface area contributed by atoms with Crippen molar-refractivity contribution in [3.05, 3.63) is 30.5 Å². The molecule has 160 valence electrons. The molecule has 0 atom stereocenters. The van der Waals surface area contributed by atoms with Crippen LogP contribution in [0.25, 0.3) is 10.9 Å². The quantitative estimate of drug-likeness (QED) is 0.710. The van der Waals surface area contributed by atoms with Crippen LogP contribution in [0.5, 0.6) is 0 Å². The van der Waals surface area contributed by atoms with Crippen molar-refractivity contribution in [2.75, 3.05) is 5.75 Å². The number of nitrogens with zero attached hydrogens (tertiary/aromatic N) is 2. The highest BCUT2D eigenvalue weighted by molar-refractivity contribution is 7.92. The molecule has 0 bridgehead atoms. The van der Waals surface area contributed by atoms with Crippen molar-refractivity contribution in [3.8, 4) is 0 Å². The second-order valence-electron chi connectivity index (χ2n) is 8.11. The smallest absolute Gasteiger partial charge is 0.242 e. The van der Waals surface area contributed by atoms with E-state index in [-0.39, 0.29) is 35.5 Å². The number of sulfone groups is 1. The van der Waals surface area contributed by atoms with E-state index in [1.807, 2.05) is 27.7 Å². The Kier molecular flexibility index (Phi) is 7.11. The first-order valence-corrected chi connectivity index (χ1v) is 11.5. The minimum atomic E-state index is -3.86. The average Bonchev–Trinajstić information content (AvgIpc) is 2.92. The molecule has 0 aliphatic heterocycles. The van der Waals surface area contributed by atoms with E-state index in [0.717, 1.165) is 0 Å². The van der Waals surface area contributed by atoms with Crippen molar-refractivity contribution >= 4 is 32.6 Å². The molecular formula is C21H31N3O4S. The number of nitrogens with one attached hydrogen (secondary N) is 1. The van der Waals surface area contributed by atoms with Crippen LogP contribution in [0.2, 0.25) is 0 Å². The summed E-state index contributed by atoms with van der Waals surface area (Å²) in [5.74, 6) is -1.26. The van der Waals surface area contributed by atoms with Gasteiger partial charge in [0, 0.05) is 35.2 Å². The van der Waals surface area contributed by atoms with E-state index >= 15 is 0 Å². The van der Waals surface area contributed by atoms with E-state index in [9.17, 15) is 18.0 Å². The number of carbonyl (C=O) groups excluding carboxylic acids is 2. The minimum Gasteiger partial charge on any atom is -0.353 e. The van der Waals surface area contributed by atoms with Crippen LogP contribution in [0.15, 0.2) is 35.4 Å². The molecule has 1 heterocycles. The maximum absolute atomic E-state index is 12.9. The Balaban J connectivity index is 2.43. The van der Waals surface area contributed by atoms with Gasteiger partial charge < -0.3 is 14.8 Å². The van der Waals surface area contributed by atoms with Crippen molar-refractivity contribution in [1.82, 2.24) is 14.8 Å². The van der Waals surface area contributed by atoms with Crippen LogP contribution < -0.4 is 5.32 Å². The van der Waals surface area contributed by atoms with E-state index < -0.39 is 21.5 Å². The Labute approximate surface area is 173 Å². The van der Waals surface area contributed by atoms with E-state index in [1.54, 1.807) is 47.6 Å². The van der Waals surface area contributed by atoms with Gasteiger partial charge in [-0.25, -0.2) is 8.42 Å². The SMILES string of the molecule is CC(C)NC(=O)CS(=O)(=O)c1cn(CC(=O)N(C(C)C)C(C)C)c2ccccc12. The second-order valence-corrected chi connectivity index (χ2v) is 10.1. The van der Waals surface area contributed by atoms with Gasteiger partial charge in [-0.05, 0) is 47.6 Å². The number of carbonyl (C=O) groups is 2. The lowest BCUT2D eigenvalue weighted by Gasteiger charge is -2.31. The Morgan fingerprint density at radius 2 is 1.62 bits per heavy atom. The second kappa shape index (κ2) is 8.98. The maximum atomic E-state index is 12.9. The highest BCUT2D eigenvalue weighted by Crippen LogP contribution is 2.26. The number of para-hydroxylation sites is 1. The standard InChI is InChI=1S/C21H31N3O4S/c1-14(2)22-20(25)13-29(27,28)19-11-23(18-10-8-7-9-17(18)19)12-21(26)24(15(3)4)16(5)6/h7-11,14-16H,12-13H2,1-6H3,(H,22,25). The molecule has 0 saturated heterocycles. The van der Waals surface area contributed by atoms with Crippen LogP contribution in [0.3, 0.4) is 0 Å². The lowest BCUT2D eigenvalue weighted by atomic mass is 10.2. The summed E-state index contributed by atoms with van der Waals surface area (Å²) in [7, 11) is -3.86. The van der Waals surface area contributed by atoms with Gasteiger partial charge in [-0.1, -0.05) is 18.2 Å². The van der Waals surface area contributed by atoms with Gasteiger partial charge >= 0.3 is 0 Å². The molecule has 0 aliphatic carbocycles. The van der Waals surface area contributed by atoms with E-state index in [4.69, 9.17) is 0 Å². The lowest BCUT2D eigenvalue weighted by Crippen LogP contribution is -2.43. The molecule has 2 rings (SSSR count). The van der Waals surface area contributed by atoms with Crippen molar-refractivity contribution in [1.29, 1.82) is 0 Å². The van der Waals surface area contributed by atoms with Crippen molar-refractivity contribution in [2.24, 2.45) is 0 Å². The number of fused-ring (bicyclic) bond motifs is 1. The van der Waals surface area contributed by atoms with Crippen molar-refractivity contribution in [3.63, 3.8) is 0 Å². The van der Waals surface area contributed by atoms with Crippen LogP contribution in [-0.2, 0) is 26.0 Å². The molecule has 1 aromatic carbocycles. The monoisotopic (exact) mass is 421 g/mol. The number of hydrogen-bond acceptors (Lipinski definition) is 4. The van der Waals surface area contributed by atoms with Gasteiger partial charge in [0.25, 0.3) is 0 Å². The fourth-order valence-electron chi connectivity index (χ4n) is 3.61. The molecule has 0 fully saturated rings. The summed E-state index contributed by atoms with van der Waals surface area (Å²) in [6.45, 7) is 11.4. The first-order valence-electron chi connectivity index (χ1n) is 9.85. The third kappa shape index (κ3) is 5.38. The van der Waals surface area contributed by atoms with Gasteiger partial charge in [0.2, 0.25) is 11.8 Å². The first kappa shape index (κ1) is 22.9.